The van der Waals surface area contributed by atoms with Crippen molar-refractivity contribution in [2.24, 2.45) is 5.92 Å². The molecule has 0 spiro atoms. The van der Waals surface area contributed by atoms with Crippen LogP contribution >= 0.6 is 11.6 Å². The minimum absolute atomic E-state index is 0.0330. The first-order chi connectivity index (χ1) is 8.58. The van der Waals surface area contributed by atoms with Crippen LogP contribution in [-0.2, 0) is 11.2 Å². The predicted octanol–water partition coefficient (Wildman–Crippen LogP) is 3.39. The van der Waals surface area contributed by atoms with E-state index in [1.54, 1.807) is 0 Å². The summed E-state index contributed by atoms with van der Waals surface area (Å²) in [5, 5.41) is 2.92. The van der Waals surface area contributed by atoms with Gasteiger partial charge in [0.2, 0.25) is 5.91 Å². The molecule has 0 heterocycles. The number of hydrogen-bond acceptors (Lipinski definition) is 1. The van der Waals surface area contributed by atoms with E-state index in [9.17, 15) is 4.79 Å². The highest BCUT2D eigenvalue weighted by Crippen LogP contribution is 2.09. The number of carbonyl (C=O) groups excluding carboxylic acids is 1. The van der Waals surface area contributed by atoms with Gasteiger partial charge in [0, 0.05) is 13.0 Å². The number of carbonyl (C=O) groups is 1. The second-order valence-electron chi connectivity index (χ2n) is 5.02. The lowest BCUT2D eigenvalue weighted by molar-refractivity contribution is -0.121. The Hall–Kier alpha value is -1.02. The van der Waals surface area contributed by atoms with Gasteiger partial charge in [-0.05, 0) is 24.3 Å². The molecule has 1 amide bonds. The minimum atomic E-state index is 0.0330. The zero-order valence-electron chi connectivity index (χ0n) is 11.2. The van der Waals surface area contributed by atoms with Crippen molar-refractivity contribution in [3.8, 4) is 0 Å². The Morgan fingerprint density at radius 2 is 1.94 bits per heavy atom. The average Bonchev–Trinajstić information content (AvgIpc) is 2.34. The van der Waals surface area contributed by atoms with Crippen LogP contribution in [0.4, 0.5) is 0 Å². The standard InChI is InChI=1S/C15H22ClNO/c1-12(2)10-14(16)11-17-15(18)9-8-13-6-4-3-5-7-13/h3-7,12,14H,8-11H2,1-2H3,(H,17,18). The lowest BCUT2D eigenvalue weighted by Crippen LogP contribution is -2.30. The van der Waals surface area contributed by atoms with E-state index in [0.717, 1.165) is 12.8 Å². The van der Waals surface area contributed by atoms with Crippen LogP contribution < -0.4 is 5.32 Å². The van der Waals surface area contributed by atoms with Crippen molar-refractivity contribution in [3.05, 3.63) is 35.9 Å². The summed E-state index contributed by atoms with van der Waals surface area (Å²) in [5.41, 5.74) is 1.19. The molecule has 0 bridgehead atoms. The number of rotatable bonds is 7. The van der Waals surface area contributed by atoms with Crippen LogP contribution in [0.1, 0.15) is 32.3 Å². The van der Waals surface area contributed by atoms with Crippen LogP contribution in [0.5, 0.6) is 0 Å². The molecule has 0 saturated carbocycles. The third-order valence-electron chi connectivity index (χ3n) is 2.73. The summed E-state index contributed by atoms with van der Waals surface area (Å²) in [4.78, 5) is 11.6. The highest BCUT2D eigenvalue weighted by molar-refractivity contribution is 6.20. The Labute approximate surface area is 115 Å². The van der Waals surface area contributed by atoms with Gasteiger partial charge in [-0.1, -0.05) is 44.2 Å². The summed E-state index contributed by atoms with van der Waals surface area (Å²) in [7, 11) is 0. The number of halogens is 1. The van der Waals surface area contributed by atoms with E-state index in [4.69, 9.17) is 11.6 Å². The number of nitrogens with one attached hydrogen (secondary N) is 1. The van der Waals surface area contributed by atoms with E-state index in [0.29, 0.717) is 18.9 Å². The van der Waals surface area contributed by atoms with Crippen LogP contribution in [0.2, 0.25) is 0 Å². The van der Waals surface area contributed by atoms with Crippen molar-refractivity contribution >= 4 is 17.5 Å². The monoisotopic (exact) mass is 267 g/mol. The molecule has 0 fully saturated rings. The van der Waals surface area contributed by atoms with E-state index in [1.807, 2.05) is 30.3 Å². The molecule has 1 aromatic rings. The van der Waals surface area contributed by atoms with Crippen LogP contribution in [0, 0.1) is 5.92 Å². The van der Waals surface area contributed by atoms with Crippen molar-refractivity contribution in [2.75, 3.05) is 6.54 Å². The number of aryl methyl sites for hydroxylation is 1. The second kappa shape index (κ2) is 8.15. The van der Waals surface area contributed by atoms with E-state index in [1.165, 1.54) is 5.56 Å². The van der Waals surface area contributed by atoms with Crippen molar-refractivity contribution in [1.82, 2.24) is 5.32 Å². The van der Waals surface area contributed by atoms with Gasteiger partial charge >= 0.3 is 0 Å². The third-order valence-corrected chi connectivity index (χ3v) is 3.06. The summed E-state index contributed by atoms with van der Waals surface area (Å²) in [5.74, 6) is 0.641. The Balaban J connectivity index is 2.18. The minimum Gasteiger partial charge on any atom is -0.355 e. The zero-order chi connectivity index (χ0) is 13.4. The van der Waals surface area contributed by atoms with Gasteiger partial charge in [-0.25, -0.2) is 0 Å². The van der Waals surface area contributed by atoms with Gasteiger partial charge in [-0.15, -0.1) is 11.6 Å². The highest BCUT2D eigenvalue weighted by atomic mass is 35.5. The second-order valence-corrected chi connectivity index (χ2v) is 5.63. The molecule has 1 rings (SSSR count). The van der Waals surface area contributed by atoms with Crippen LogP contribution in [0.25, 0.3) is 0 Å². The Morgan fingerprint density at radius 3 is 2.56 bits per heavy atom. The van der Waals surface area contributed by atoms with Gasteiger partial charge in [0.1, 0.15) is 0 Å². The number of alkyl halides is 1. The maximum absolute atomic E-state index is 11.6. The van der Waals surface area contributed by atoms with Gasteiger partial charge < -0.3 is 5.32 Å². The molecule has 0 aliphatic carbocycles. The average molecular weight is 268 g/mol. The van der Waals surface area contributed by atoms with Gasteiger partial charge in [0.15, 0.2) is 0 Å². The van der Waals surface area contributed by atoms with Crippen molar-refractivity contribution in [2.45, 2.75) is 38.5 Å². The molecular weight excluding hydrogens is 246 g/mol. The topological polar surface area (TPSA) is 29.1 Å². The first-order valence-corrected chi connectivity index (χ1v) is 6.96. The smallest absolute Gasteiger partial charge is 0.220 e. The highest BCUT2D eigenvalue weighted by Gasteiger charge is 2.09. The van der Waals surface area contributed by atoms with Crippen molar-refractivity contribution in [1.29, 1.82) is 0 Å². The molecule has 100 valence electrons. The number of amides is 1. The fourth-order valence-corrected chi connectivity index (χ4v) is 2.24. The lowest BCUT2D eigenvalue weighted by atomic mass is 10.1. The summed E-state index contributed by atoms with van der Waals surface area (Å²) in [6, 6.07) is 10.0. The molecule has 1 N–H and O–H groups in total. The van der Waals surface area contributed by atoms with Gasteiger partial charge in [-0.2, -0.15) is 0 Å². The molecule has 1 aromatic carbocycles. The Morgan fingerprint density at radius 1 is 1.28 bits per heavy atom. The molecule has 0 radical (unpaired) electrons. The van der Waals surface area contributed by atoms with Crippen LogP contribution in [0.15, 0.2) is 30.3 Å². The van der Waals surface area contributed by atoms with E-state index >= 15 is 0 Å². The van der Waals surface area contributed by atoms with Crippen molar-refractivity contribution < 1.29 is 4.79 Å². The van der Waals surface area contributed by atoms with Gasteiger partial charge in [0.25, 0.3) is 0 Å². The van der Waals surface area contributed by atoms with Gasteiger partial charge in [-0.3, -0.25) is 4.79 Å². The SMILES string of the molecule is CC(C)CC(Cl)CNC(=O)CCc1ccccc1. The van der Waals surface area contributed by atoms with E-state index in [-0.39, 0.29) is 11.3 Å². The molecule has 0 aliphatic heterocycles. The maximum Gasteiger partial charge on any atom is 0.220 e. The fraction of sp³-hybridized carbons (Fsp3) is 0.533. The molecule has 18 heavy (non-hydrogen) atoms. The summed E-state index contributed by atoms with van der Waals surface area (Å²) >= 11 is 6.12. The van der Waals surface area contributed by atoms with Crippen molar-refractivity contribution in [3.63, 3.8) is 0 Å². The quantitative estimate of drug-likeness (QED) is 0.754. The first kappa shape index (κ1) is 15.0. The molecule has 1 atom stereocenters. The molecule has 0 aliphatic rings. The molecule has 1 unspecified atom stereocenters. The third kappa shape index (κ3) is 6.65. The van der Waals surface area contributed by atoms with Crippen LogP contribution in [-0.4, -0.2) is 17.8 Å². The zero-order valence-corrected chi connectivity index (χ0v) is 11.9. The lowest BCUT2D eigenvalue weighted by Gasteiger charge is -2.12. The molecule has 2 nitrogen and oxygen atoms in total. The normalized spacial score (nSPS) is 12.4. The summed E-state index contributed by atoms with van der Waals surface area (Å²) in [6.45, 7) is 4.83. The number of hydrogen-bond donors (Lipinski definition) is 1. The molecular formula is C15H22ClNO. The molecule has 0 saturated heterocycles. The van der Waals surface area contributed by atoms with E-state index < -0.39 is 0 Å². The predicted molar refractivity (Wildman–Crippen MR) is 76.9 cm³/mol. The van der Waals surface area contributed by atoms with Crippen LogP contribution in [0.3, 0.4) is 0 Å². The Kier molecular flexibility index (Phi) is 6.81. The number of benzene rings is 1. The fourth-order valence-electron chi connectivity index (χ4n) is 1.81. The van der Waals surface area contributed by atoms with E-state index in [2.05, 4.69) is 19.2 Å². The maximum atomic E-state index is 11.6. The molecule has 3 heteroatoms. The summed E-state index contributed by atoms with van der Waals surface area (Å²) < 4.78 is 0. The molecule has 0 aromatic heterocycles. The first-order valence-electron chi connectivity index (χ1n) is 6.52. The Bertz CT molecular complexity index is 351. The summed E-state index contributed by atoms with van der Waals surface area (Å²) in [6.07, 6.45) is 2.24. The van der Waals surface area contributed by atoms with Gasteiger partial charge in [0.05, 0.1) is 5.38 Å². The largest absolute Gasteiger partial charge is 0.355 e.